The molecule has 2 saturated heterocycles. The number of likely N-dealkylation sites (tertiary alicyclic amines) is 1. The average molecular weight is 460 g/mol. The Balaban J connectivity index is 1.58. The molecule has 8 nitrogen and oxygen atoms in total. The summed E-state index contributed by atoms with van der Waals surface area (Å²) in [6.45, 7) is 0.176. The normalized spacial score (nSPS) is 21.6. The van der Waals surface area contributed by atoms with Gasteiger partial charge in [0.15, 0.2) is 17.6 Å². The Morgan fingerprint density at radius 1 is 0.882 bits per heavy atom. The summed E-state index contributed by atoms with van der Waals surface area (Å²) in [7, 11) is 2.88. The van der Waals surface area contributed by atoms with E-state index in [-0.39, 0.29) is 35.6 Å². The number of phenols is 1. The van der Waals surface area contributed by atoms with Crippen molar-refractivity contribution < 1.29 is 29.0 Å². The lowest BCUT2D eigenvalue weighted by molar-refractivity contribution is -0.143. The fourth-order valence-electron chi connectivity index (χ4n) is 4.62. The molecule has 5 rings (SSSR count). The highest BCUT2D eigenvalue weighted by atomic mass is 16.7. The van der Waals surface area contributed by atoms with E-state index in [9.17, 15) is 14.7 Å². The number of carbonyl (C=O) groups is 2. The SMILES string of the molecule is COc1cc([C@@H]2[C@@H]3C(=O)N(Cc4ccccc4)C(=O)[C@H]3ON2c2ccccc2)cc(OC)c1O. The summed E-state index contributed by atoms with van der Waals surface area (Å²) in [6.07, 6.45) is -0.966. The quantitative estimate of drug-likeness (QED) is 0.564. The molecule has 2 aliphatic heterocycles. The van der Waals surface area contributed by atoms with Crippen LogP contribution in [-0.4, -0.2) is 42.1 Å². The van der Waals surface area contributed by atoms with E-state index in [0.29, 0.717) is 11.3 Å². The molecule has 3 atom stereocenters. The van der Waals surface area contributed by atoms with Gasteiger partial charge in [-0.3, -0.25) is 19.3 Å². The van der Waals surface area contributed by atoms with Crippen LogP contribution < -0.4 is 14.5 Å². The molecule has 2 amide bonds. The third-order valence-corrected chi connectivity index (χ3v) is 6.24. The van der Waals surface area contributed by atoms with Crippen LogP contribution in [0.5, 0.6) is 17.2 Å². The Kier molecular flexibility index (Phi) is 5.59. The number of hydrogen-bond donors (Lipinski definition) is 1. The standard InChI is InChI=1S/C26H24N2O6/c1-32-19-13-17(14-20(33-2)23(19)29)22-21-24(34-28(22)18-11-7-4-8-12-18)26(31)27(25(21)30)15-16-9-5-3-6-10-16/h3-14,21-22,24,29H,15H2,1-2H3/t21-,22+,24-/m0/s1. The van der Waals surface area contributed by atoms with E-state index in [1.807, 2.05) is 60.7 Å². The van der Waals surface area contributed by atoms with Crippen LogP contribution in [0.2, 0.25) is 0 Å². The van der Waals surface area contributed by atoms with Crippen molar-refractivity contribution in [2.24, 2.45) is 5.92 Å². The van der Waals surface area contributed by atoms with Crippen molar-refractivity contribution in [1.82, 2.24) is 4.90 Å². The molecule has 0 aliphatic carbocycles. The molecule has 0 radical (unpaired) electrons. The number of fused-ring (bicyclic) bond motifs is 1. The highest BCUT2D eigenvalue weighted by Crippen LogP contribution is 2.49. The van der Waals surface area contributed by atoms with Gasteiger partial charge in [0, 0.05) is 0 Å². The summed E-state index contributed by atoms with van der Waals surface area (Å²) in [5.74, 6) is -1.22. The van der Waals surface area contributed by atoms with Gasteiger partial charge in [0.05, 0.1) is 32.5 Å². The summed E-state index contributed by atoms with van der Waals surface area (Å²) in [4.78, 5) is 34.3. The minimum absolute atomic E-state index is 0.144. The van der Waals surface area contributed by atoms with Crippen LogP contribution in [0.1, 0.15) is 17.2 Å². The molecule has 3 aromatic carbocycles. The van der Waals surface area contributed by atoms with Crippen LogP contribution in [0.25, 0.3) is 0 Å². The Labute approximate surface area is 196 Å². The second-order valence-electron chi connectivity index (χ2n) is 8.18. The van der Waals surface area contributed by atoms with E-state index < -0.39 is 18.1 Å². The van der Waals surface area contributed by atoms with E-state index in [2.05, 4.69) is 0 Å². The number of imide groups is 1. The summed E-state index contributed by atoms with van der Waals surface area (Å²) >= 11 is 0. The van der Waals surface area contributed by atoms with Crippen LogP contribution in [-0.2, 0) is 21.0 Å². The molecule has 0 unspecified atom stereocenters. The molecule has 2 fully saturated rings. The van der Waals surface area contributed by atoms with Crippen LogP contribution in [0.4, 0.5) is 5.69 Å². The maximum atomic E-state index is 13.6. The fourth-order valence-corrected chi connectivity index (χ4v) is 4.62. The summed E-state index contributed by atoms with van der Waals surface area (Å²) in [6, 6.07) is 21.3. The van der Waals surface area contributed by atoms with Crippen molar-refractivity contribution in [3.8, 4) is 17.2 Å². The van der Waals surface area contributed by atoms with Crippen LogP contribution >= 0.6 is 0 Å². The van der Waals surface area contributed by atoms with Gasteiger partial charge in [0.1, 0.15) is 5.92 Å². The first-order valence-corrected chi connectivity index (χ1v) is 10.9. The Morgan fingerprint density at radius 3 is 2.06 bits per heavy atom. The first-order valence-electron chi connectivity index (χ1n) is 10.9. The molecule has 0 bridgehead atoms. The molecule has 8 heteroatoms. The average Bonchev–Trinajstić information content (AvgIpc) is 3.37. The van der Waals surface area contributed by atoms with Gasteiger partial charge in [-0.05, 0) is 35.4 Å². The molecular formula is C26H24N2O6. The van der Waals surface area contributed by atoms with E-state index >= 15 is 0 Å². The highest BCUT2D eigenvalue weighted by Gasteiger charge is 2.60. The van der Waals surface area contributed by atoms with E-state index in [4.69, 9.17) is 14.3 Å². The molecule has 174 valence electrons. The number of carbonyl (C=O) groups excluding carboxylic acids is 2. The van der Waals surface area contributed by atoms with E-state index in [1.165, 1.54) is 19.1 Å². The van der Waals surface area contributed by atoms with Gasteiger partial charge >= 0.3 is 0 Å². The lowest BCUT2D eigenvalue weighted by Crippen LogP contribution is -2.37. The molecule has 2 heterocycles. The number of ether oxygens (including phenoxy) is 2. The number of para-hydroxylation sites is 1. The van der Waals surface area contributed by atoms with Gasteiger partial charge in [0.2, 0.25) is 11.7 Å². The summed E-state index contributed by atoms with van der Waals surface area (Å²) in [5, 5.41) is 12.0. The monoisotopic (exact) mass is 460 g/mol. The van der Waals surface area contributed by atoms with Crippen molar-refractivity contribution in [3.05, 3.63) is 83.9 Å². The summed E-state index contributed by atoms with van der Waals surface area (Å²) in [5.41, 5.74) is 2.17. The maximum Gasteiger partial charge on any atom is 0.262 e. The number of aromatic hydroxyl groups is 1. The highest BCUT2D eigenvalue weighted by molar-refractivity contribution is 6.07. The van der Waals surface area contributed by atoms with Crippen LogP contribution in [0, 0.1) is 5.92 Å². The number of benzene rings is 3. The number of rotatable bonds is 6. The molecule has 2 aliphatic rings. The van der Waals surface area contributed by atoms with Gasteiger partial charge in [0.25, 0.3) is 5.91 Å². The number of nitrogens with zero attached hydrogens (tertiary/aromatic N) is 2. The lowest BCUT2D eigenvalue weighted by Gasteiger charge is -2.29. The third kappa shape index (κ3) is 3.52. The van der Waals surface area contributed by atoms with Gasteiger partial charge in [-0.25, -0.2) is 5.06 Å². The Hall–Kier alpha value is -4.04. The van der Waals surface area contributed by atoms with E-state index in [1.54, 1.807) is 17.2 Å². The first kappa shape index (κ1) is 21.8. The molecule has 0 saturated carbocycles. The molecule has 3 aromatic rings. The van der Waals surface area contributed by atoms with Crippen molar-refractivity contribution in [3.63, 3.8) is 0 Å². The number of anilines is 1. The molecule has 0 aromatic heterocycles. The predicted molar refractivity (Wildman–Crippen MR) is 123 cm³/mol. The number of hydroxylamine groups is 1. The minimum atomic E-state index is -0.966. The zero-order chi connectivity index (χ0) is 23.8. The lowest BCUT2D eigenvalue weighted by atomic mass is 9.90. The zero-order valence-corrected chi connectivity index (χ0v) is 18.8. The van der Waals surface area contributed by atoms with Crippen molar-refractivity contribution in [2.75, 3.05) is 19.3 Å². The van der Waals surface area contributed by atoms with Gasteiger partial charge in [-0.1, -0.05) is 48.5 Å². The number of phenolic OH excluding ortho intramolecular Hbond substituents is 1. The third-order valence-electron chi connectivity index (χ3n) is 6.24. The molecule has 1 N–H and O–H groups in total. The fraction of sp³-hybridized carbons (Fsp3) is 0.231. The first-order chi connectivity index (χ1) is 16.5. The van der Waals surface area contributed by atoms with E-state index in [0.717, 1.165) is 5.56 Å². The van der Waals surface area contributed by atoms with Crippen molar-refractivity contribution >= 4 is 17.5 Å². The number of hydrogen-bond acceptors (Lipinski definition) is 7. The van der Waals surface area contributed by atoms with Crippen molar-refractivity contribution in [2.45, 2.75) is 18.7 Å². The molecular weight excluding hydrogens is 436 g/mol. The number of methoxy groups -OCH3 is 2. The van der Waals surface area contributed by atoms with Gasteiger partial charge < -0.3 is 14.6 Å². The topological polar surface area (TPSA) is 88.5 Å². The molecule has 0 spiro atoms. The van der Waals surface area contributed by atoms with Crippen molar-refractivity contribution in [1.29, 1.82) is 0 Å². The smallest absolute Gasteiger partial charge is 0.262 e. The summed E-state index contributed by atoms with van der Waals surface area (Å²) < 4.78 is 10.7. The second-order valence-corrected chi connectivity index (χ2v) is 8.18. The Bertz CT molecular complexity index is 1190. The van der Waals surface area contributed by atoms with Crippen LogP contribution in [0.3, 0.4) is 0 Å². The zero-order valence-electron chi connectivity index (χ0n) is 18.8. The van der Waals surface area contributed by atoms with Gasteiger partial charge in [-0.15, -0.1) is 0 Å². The number of amides is 2. The maximum absolute atomic E-state index is 13.6. The second kappa shape index (κ2) is 8.72. The largest absolute Gasteiger partial charge is 0.502 e. The minimum Gasteiger partial charge on any atom is -0.502 e. The Morgan fingerprint density at radius 2 is 1.47 bits per heavy atom. The predicted octanol–water partition coefficient (Wildman–Crippen LogP) is 3.46. The van der Waals surface area contributed by atoms with Crippen LogP contribution in [0.15, 0.2) is 72.8 Å². The molecule has 34 heavy (non-hydrogen) atoms. The van der Waals surface area contributed by atoms with Gasteiger partial charge in [-0.2, -0.15) is 0 Å².